The fourth-order valence-electron chi connectivity index (χ4n) is 2.85. The molecule has 130 valence electrons. The first-order valence-corrected chi connectivity index (χ1v) is 10.8. The third-order valence-electron chi connectivity index (χ3n) is 4.17. The van der Waals surface area contributed by atoms with Gasteiger partial charge in [-0.2, -0.15) is 4.99 Å². The van der Waals surface area contributed by atoms with Crippen molar-refractivity contribution in [2.75, 3.05) is 11.5 Å². The van der Waals surface area contributed by atoms with Crippen LogP contribution in [0, 0.1) is 5.92 Å². The van der Waals surface area contributed by atoms with Crippen LogP contribution in [0.3, 0.4) is 0 Å². The van der Waals surface area contributed by atoms with Gasteiger partial charge in [0.2, 0.25) is 0 Å². The van der Waals surface area contributed by atoms with E-state index >= 15 is 0 Å². The van der Waals surface area contributed by atoms with Gasteiger partial charge in [0.15, 0.2) is 15.0 Å². The van der Waals surface area contributed by atoms with Crippen molar-refractivity contribution in [3.8, 4) is 0 Å². The minimum atomic E-state index is -3.04. The topological polar surface area (TPSA) is 66.8 Å². The number of nitrogens with zero attached hydrogens (tertiary/aromatic N) is 2. The minimum Gasteiger partial charge on any atom is -0.342 e. The molecule has 0 spiro atoms. The molecule has 3 rings (SSSR count). The van der Waals surface area contributed by atoms with Crippen molar-refractivity contribution in [2.24, 2.45) is 10.9 Å². The molecule has 8 heteroatoms. The van der Waals surface area contributed by atoms with E-state index in [2.05, 4.69) is 4.99 Å². The summed E-state index contributed by atoms with van der Waals surface area (Å²) in [6, 6.07) is 7.30. The molecule has 1 aromatic carbocycles. The number of thioether (sulfide) groups is 1. The quantitative estimate of drug-likeness (QED) is 0.798. The fourth-order valence-corrected chi connectivity index (χ4v) is 7.01. The van der Waals surface area contributed by atoms with Crippen LogP contribution in [0.4, 0.5) is 0 Å². The van der Waals surface area contributed by atoms with E-state index in [1.807, 2.05) is 23.1 Å². The molecule has 1 amide bonds. The first-order chi connectivity index (χ1) is 11.3. The van der Waals surface area contributed by atoms with Gasteiger partial charge in [-0.3, -0.25) is 4.79 Å². The summed E-state index contributed by atoms with van der Waals surface area (Å²) < 4.78 is 23.9. The van der Waals surface area contributed by atoms with Gasteiger partial charge < -0.3 is 4.90 Å². The predicted octanol–water partition coefficient (Wildman–Crippen LogP) is 2.59. The molecule has 24 heavy (non-hydrogen) atoms. The van der Waals surface area contributed by atoms with Crippen molar-refractivity contribution in [1.82, 2.24) is 4.90 Å². The molecule has 1 aromatic rings. The molecular weight excluding hydrogens is 368 g/mol. The summed E-state index contributed by atoms with van der Waals surface area (Å²) in [5, 5.41) is 1.16. The van der Waals surface area contributed by atoms with Crippen molar-refractivity contribution >= 4 is 44.3 Å². The molecule has 2 saturated heterocycles. The lowest BCUT2D eigenvalue weighted by Gasteiger charge is -2.25. The molecule has 0 bridgehead atoms. The summed E-state index contributed by atoms with van der Waals surface area (Å²) in [5.74, 6) is -0.144. The molecule has 2 atom stereocenters. The van der Waals surface area contributed by atoms with E-state index in [0.29, 0.717) is 16.7 Å². The third kappa shape index (κ3) is 3.63. The standard InChI is InChI=1S/C16H19ClN2O3S2/c1-10(2)15(20)18-16-19(7-11-5-3-4-6-12(11)17)13-8-24(21,22)9-14(13)23-16/h3-6,10,13-14H,7-9H2,1-2H3/t13-,14-/m0/s1. The number of amides is 1. The highest BCUT2D eigenvalue weighted by molar-refractivity contribution is 8.15. The Labute approximate surface area is 151 Å². The van der Waals surface area contributed by atoms with Crippen molar-refractivity contribution in [3.63, 3.8) is 0 Å². The molecule has 0 aliphatic carbocycles. The first kappa shape index (κ1) is 17.8. The molecule has 0 unspecified atom stereocenters. The number of aliphatic imine (C=N–C) groups is 1. The number of hydrogen-bond donors (Lipinski definition) is 0. The van der Waals surface area contributed by atoms with Gasteiger partial charge in [-0.25, -0.2) is 8.42 Å². The van der Waals surface area contributed by atoms with Crippen molar-refractivity contribution in [1.29, 1.82) is 0 Å². The summed E-state index contributed by atoms with van der Waals surface area (Å²) in [7, 11) is -3.04. The Kier molecular flexibility index (Phi) is 4.95. The highest BCUT2D eigenvalue weighted by Crippen LogP contribution is 2.39. The van der Waals surface area contributed by atoms with Gasteiger partial charge in [0, 0.05) is 22.7 Å². The molecular formula is C16H19ClN2O3S2. The number of benzene rings is 1. The van der Waals surface area contributed by atoms with Crippen molar-refractivity contribution in [2.45, 2.75) is 31.7 Å². The van der Waals surface area contributed by atoms with Crippen LogP contribution in [-0.4, -0.2) is 47.2 Å². The molecule has 0 aromatic heterocycles. The maximum absolute atomic E-state index is 12.0. The van der Waals surface area contributed by atoms with Crippen LogP contribution in [0.2, 0.25) is 5.02 Å². The summed E-state index contributed by atoms with van der Waals surface area (Å²) in [5.41, 5.74) is 0.898. The third-order valence-corrected chi connectivity index (χ3v) is 7.79. The zero-order valence-corrected chi connectivity index (χ0v) is 15.9. The molecule has 2 aliphatic rings. The first-order valence-electron chi connectivity index (χ1n) is 7.76. The average Bonchev–Trinajstić information content (AvgIpc) is 2.94. The van der Waals surface area contributed by atoms with Crippen LogP contribution in [-0.2, 0) is 21.2 Å². The normalized spacial score (nSPS) is 27.0. The molecule has 2 heterocycles. The molecule has 5 nitrogen and oxygen atoms in total. The van der Waals surface area contributed by atoms with Gasteiger partial charge in [-0.05, 0) is 11.6 Å². The minimum absolute atomic E-state index is 0.0730. The van der Waals surface area contributed by atoms with Gasteiger partial charge in [-0.1, -0.05) is 55.4 Å². The lowest BCUT2D eigenvalue weighted by atomic mass is 10.1. The summed E-state index contributed by atoms with van der Waals surface area (Å²) in [6.45, 7) is 4.05. The maximum atomic E-state index is 12.0. The lowest BCUT2D eigenvalue weighted by Crippen LogP contribution is -2.37. The Balaban J connectivity index is 1.93. The van der Waals surface area contributed by atoms with Crippen LogP contribution in [0.15, 0.2) is 29.3 Å². The second kappa shape index (κ2) is 6.69. The summed E-state index contributed by atoms with van der Waals surface area (Å²) in [6.07, 6.45) is 0. The summed E-state index contributed by atoms with van der Waals surface area (Å²) in [4.78, 5) is 18.2. The number of amidine groups is 1. The number of carbonyl (C=O) groups is 1. The van der Waals surface area contributed by atoms with Gasteiger partial charge in [0.1, 0.15) is 0 Å². The van der Waals surface area contributed by atoms with Crippen molar-refractivity contribution < 1.29 is 13.2 Å². The Bertz CT molecular complexity index is 792. The SMILES string of the molecule is CC(C)C(=O)N=C1S[C@H]2CS(=O)(=O)C[C@@H]2N1Cc1ccccc1Cl. The molecule has 0 radical (unpaired) electrons. The van der Waals surface area contributed by atoms with Crippen molar-refractivity contribution in [3.05, 3.63) is 34.9 Å². The molecule has 2 fully saturated rings. The summed E-state index contributed by atoms with van der Waals surface area (Å²) >= 11 is 7.64. The largest absolute Gasteiger partial charge is 0.342 e. The zero-order valence-electron chi connectivity index (χ0n) is 13.5. The predicted molar refractivity (Wildman–Crippen MR) is 98.1 cm³/mol. The van der Waals surface area contributed by atoms with E-state index < -0.39 is 9.84 Å². The number of carbonyl (C=O) groups excluding carboxylic acids is 1. The molecule has 0 N–H and O–H groups in total. The Morgan fingerprint density at radius 2 is 2.08 bits per heavy atom. The second-order valence-electron chi connectivity index (χ2n) is 6.41. The lowest BCUT2D eigenvalue weighted by molar-refractivity contribution is -0.120. The number of fused-ring (bicyclic) bond motifs is 1. The van der Waals surface area contributed by atoms with Crippen LogP contribution < -0.4 is 0 Å². The Morgan fingerprint density at radius 3 is 2.75 bits per heavy atom. The maximum Gasteiger partial charge on any atom is 0.250 e. The van der Waals surface area contributed by atoms with E-state index in [-0.39, 0.29) is 34.6 Å². The second-order valence-corrected chi connectivity index (χ2v) is 10.2. The monoisotopic (exact) mass is 386 g/mol. The number of hydrogen-bond acceptors (Lipinski definition) is 4. The van der Waals surface area contributed by atoms with E-state index in [9.17, 15) is 13.2 Å². The van der Waals surface area contributed by atoms with Gasteiger partial charge in [0.25, 0.3) is 5.91 Å². The number of halogens is 1. The van der Waals surface area contributed by atoms with Gasteiger partial charge in [-0.15, -0.1) is 0 Å². The zero-order chi connectivity index (χ0) is 17.5. The van der Waals surface area contributed by atoms with E-state index in [1.165, 1.54) is 11.8 Å². The highest BCUT2D eigenvalue weighted by atomic mass is 35.5. The Hall–Kier alpha value is -1.05. The number of rotatable bonds is 3. The van der Waals surface area contributed by atoms with Crippen LogP contribution >= 0.6 is 23.4 Å². The average molecular weight is 387 g/mol. The van der Waals surface area contributed by atoms with E-state index in [1.54, 1.807) is 19.9 Å². The fraction of sp³-hybridized carbons (Fsp3) is 0.500. The van der Waals surface area contributed by atoms with Crippen LogP contribution in [0.1, 0.15) is 19.4 Å². The number of sulfone groups is 1. The van der Waals surface area contributed by atoms with Gasteiger partial charge in [0.05, 0.1) is 17.5 Å². The van der Waals surface area contributed by atoms with Crippen LogP contribution in [0.25, 0.3) is 0 Å². The smallest absolute Gasteiger partial charge is 0.250 e. The highest BCUT2D eigenvalue weighted by Gasteiger charge is 2.48. The molecule has 0 saturated carbocycles. The van der Waals surface area contributed by atoms with E-state index in [0.717, 1.165) is 5.56 Å². The van der Waals surface area contributed by atoms with Crippen LogP contribution in [0.5, 0.6) is 0 Å². The molecule has 2 aliphatic heterocycles. The Morgan fingerprint density at radius 1 is 1.38 bits per heavy atom. The van der Waals surface area contributed by atoms with Gasteiger partial charge >= 0.3 is 0 Å². The van der Waals surface area contributed by atoms with E-state index in [4.69, 9.17) is 11.6 Å².